The molecule has 1 amide bonds. The number of carbonyl (C=O) groups excluding carboxylic acids is 1. The van der Waals surface area contributed by atoms with Gasteiger partial charge in [-0.3, -0.25) is 4.79 Å². The van der Waals surface area contributed by atoms with Gasteiger partial charge in [-0.15, -0.1) is 32.9 Å². The smallest absolute Gasteiger partial charge is 0.276 e. The Balaban J connectivity index is 1.32. The molecule has 0 aliphatic heterocycles. The summed E-state index contributed by atoms with van der Waals surface area (Å²) in [4.78, 5) is 14.5. The lowest BCUT2D eigenvalue weighted by atomic mass is 9.96. The van der Waals surface area contributed by atoms with Crippen LogP contribution < -0.4 is 5.32 Å². The van der Waals surface area contributed by atoms with Crippen LogP contribution in [0.5, 0.6) is 0 Å². The molecule has 1 aliphatic rings. The maximum absolute atomic E-state index is 12.3. The number of hydrogen-bond donors (Lipinski definition) is 1. The van der Waals surface area contributed by atoms with Crippen LogP contribution in [0.3, 0.4) is 0 Å². The number of nitriles is 1. The first-order valence-electron chi connectivity index (χ1n) is 8.59. The van der Waals surface area contributed by atoms with Crippen molar-refractivity contribution in [3.63, 3.8) is 0 Å². The highest BCUT2D eigenvalue weighted by Gasteiger charge is 2.21. The Morgan fingerprint density at radius 3 is 3.07 bits per heavy atom. The molecule has 0 spiro atoms. The van der Waals surface area contributed by atoms with Crippen molar-refractivity contribution in [3.8, 4) is 16.8 Å². The van der Waals surface area contributed by atoms with Crippen LogP contribution in [0.2, 0.25) is 0 Å². The van der Waals surface area contributed by atoms with E-state index in [9.17, 15) is 10.1 Å². The number of hydrogen-bond acceptors (Lipinski definition) is 8. The first kappa shape index (κ1) is 18.2. The maximum atomic E-state index is 12.3. The molecule has 0 aromatic carbocycles. The third-order valence-corrected chi connectivity index (χ3v) is 7.11. The fourth-order valence-corrected chi connectivity index (χ4v) is 5.56. The predicted molar refractivity (Wildman–Crippen MR) is 107 cm³/mol. The topological polar surface area (TPSA) is 91.8 Å². The molecule has 0 saturated heterocycles. The number of carbonyl (C=O) groups is 1. The van der Waals surface area contributed by atoms with Crippen LogP contribution in [0.25, 0.3) is 10.8 Å². The number of nitrogens with one attached hydrogen (secondary N) is 1. The number of anilines is 1. The van der Waals surface area contributed by atoms with Crippen molar-refractivity contribution >= 4 is 45.3 Å². The molecule has 3 aromatic rings. The summed E-state index contributed by atoms with van der Waals surface area (Å²) in [5.74, 6) is 0.931. The van der Waals surface area contributed by atoms with Crippen LogP contribution in [0.1, 0.15) is 35.3 Å². The van der Waals surface area contributed by atoms with E-state index in [0.717, 1.165) is 36.1 Å². The minimum Gasteiger partial charge on any atom is -0.410 e. The van der Waals surface area contributed by atoms with Gasteiger partial charge in [0.1, 0.15) is 11.1 Å². The number of aryl methyl sites for hydroxylation is 1. The number of thioether (sulfide) groups is 1. The highest BCUT2D eigenvalue weighted by Crippen LogP contribution is 2.37. The maximum Gasteiger partial charge on any atom is 0.276 e. The highest BCUT2D eigenvalue weighted by atomic mass is 32.2. The van der Waals surface area contributed by atoms with Crippen LogP contribution in [-0.4, -0.2) is 21.9 Å². The number of fused-ring (bicyclic) bond motifs is 1. The third-order valence-electron chi connectivity index (χ3n) is 4.23. The Labute approximate surface area is 168 Å². The molecule has 27 heavy (non-hydrogen) atoms. The second-order valence-electron chi connectivity index (χ2n) is 6.02. The average Bonchev–Trinajstić information content (AvgIpc) is 3.40. The Kier molecular flexibility index (Phi) is 5.57. The van der Waals surface area contributed by atoms with E-state index in [1.54, 1.807) is 11.3 Å². The molecule has 0 fully saturated rings. The molecular weight excluding hydrogens is 400 g/mol. The Bertz CT molecular complexity index is 985. The summed E-state index contributed by atoms with van der Waals surface area (Å²) in [5, 5.41) is 23.5. The monoisotopic (exact) mass is 416 g/mol. The fourth-order valence-electron chi connectivity index (χ4n) is 2.96. The predicted octanol–water partition coefficient (Wildman–Crippen LogP) is 4.73. The minimum atomic E-state index is -0.101. The van der Waals surface area contributed by atoms with Gasteiger partial charge in [0.15, 0.2) is 0 Å². The van der Waals surface area contributed by atoms with Crippen molar-refractivity contribution < 1.29 is 9.21 Å². The zero-order valence-electron chi connectivity index (χ0n) is 14.4. The summed E-state index contributed by atoms with van der Waals surface area (Å²) in [5.41, 5.74) is 1.78. The Hall–Kier alpha value is -2.15. The second-order valence-corrected chi connectivity index (χ2v) is 9.12. The van der Waals surface area contributed by atoms with Gasteiger partial charge >= 0.3 is 0 Å². The average molecular weight is 417 g/mol. The van der Waals surface area contributed by atoms with Crippen molar-refractivity contribution in [1.29, 1.82) is 5.26 Å². The van der Waals surface area contributed by atoms with Gasteiger partial charge in [0, 0.05) is 17.1 Å². The van der Waals surface area contributed by atoms with Crippen molar-refractivity contribution in [1.82, 2.24) is 10.2 Å². The molecule has 3 heterocycles. The molecule has 0 bridgehead atoms. The lowest BCUT2D eigenvalue weighted by molar-refractivity contribution is -0.115. The van der Waals surface area contributed by atoms with Crippen LogP contribution in [-0.2, 0) is 17.6 Å². The summed E-state index contributed by atoms with van der Waals surface area (Å²) in [7, 11) is 0. The van der Waals surface area contributed by atoms with E-state index in [-0.39, 0.29) is 5.91 Å². The number of thiophene rings is 2. The summed E-state index contributed by atoms with van der Waals surface area (Å²) in [6, 6.07) is 6.12. The molecule has 3 aromatic heterocycles. The largest absolute Gasteiger partial charge is 0.410 e. The quantitative estimate of drug-likeness (QED) is 0.584. The van der Waals surface area contributed by atoms with Crippen molar-refractivity contribution in [2.75, 3.05) is 11.1 Å². The number of aromatic nitrogens is 2. The highest BCUT2D eigenvalue weighted by molar-refractivity contribution is 7.99. The van der Waals surface area contributed by atoms with Gasteiger partial charge in [-0.05, 0) is 42.7 Å². The molecule has 0 atom stereocenters. The van der Waals surface area contributed by atoms with E-state index < -0.39 is 0 Å². The molecule has 138 valence electrons. The standard InChI is InChI=1S/C18H16N4O2S3/c19-10-12-11-4-1-2-5-13(11)27-17(12)20-15(23)7-9-26-18-22-21-16(24-18)14-6-3-8-25-14/h3,6,8H,1-2,4-5,7,9H2,(H,20,23). The van der Waals surface area contributed by atoms with Crippen LogP contribution >= 0.6 is 34.4 Å². The van der Waals surface area contributed by atoms with E-state index in [1.165, 1.54) is 28.0 Å². The molecule has 0 unspecified atom stereocenters. The normalized spacial score (nSPS) is 13.1. The number of amides is 1. The zero-order valence-corrected chi connectivity index (χ0v) is 16.8. The minimum absolute atomic E-state index is 0.101. The van der Waals surface area contributed by atoms with Gasteiger partial charge in [-0.1, -0.05) is 17.8 Å². The van der Waals surface area contributed by atoms with Crippen molar-refractivity contribution in [3.05, 3.63) is 33.5 Å². The van der Waals surface area contributed by atoms with Crippen molar-refractivity contribution in [2.24, 2.45) is 0 Å². The van der Waals surface area contributed by atoms with Gasteiger partial charge in [0.2, 0.25) is 5.91 Å². The van der Waals surface area contributed by atoms with Gasteiger partial charge in [0.25, 0.3) is 11.1 Å². The summed E-state index contributed by atoms with van der Waals surface area (Å²) < 4.78 is 5.60. The van der Waals surface area contributed by atoms with E-state index in [0.29, 0.717) is 33.9 Å². The molecule has 4 rings (SSSR count). The second kappa shape index (κ2) is 8.25. The van der Waals surface area contributed by atoms with Gasteiger partial charge in [0.05, 0.1) is 10.4 Å². The number of rotatable bonds is 6. The molecule has 6 nitrogen and oxygen atoms in total. The Morgan fingerprint density at radius 1 is 1.37 bits per heavy atom. The third kappa shape index (κ3) is 4.08. The molecule has 1 aliphatic carbocycles. The van der Waals surface area contributed by atoms with E-state index >= 15 is 0 Å². The van der Waals surface area contributed by atoms with Crippen LogP contribution in [0.15, 0.2) is 27.2 Å². The zero-order chi connectivity index (χ0) is 18.6. The summed E-state index contributed by atoms with van der Waals surface area (Å²) in [6.07, 6.45) is 4.52. The summed E-state index contributed by atoms with van der Waals surface area (Å²) in [6.45, 7) is 0. The van der Waals surface area contributed by atoms with Gasteiger partial charge < -0.3 is 9.73 Å². The fraction of sp³-hybridized carbons (Fsp3) is 0.333. The first-order chi connectivity index (χ1) is 13.2. The SMILES string of the molecule is N#Cc1c(NC(=O)CCSc2nnc(-c3cccs3)o2)sc2c1CCCC2. The first-order valence-corrected chi connectivity index (χ1v) is 11.3. The van der Waals surface area contributed by atoms with E-state index in [1.807, 2.05) is 17.5 Å². The van der Waals surface area contributed by atoms with Gasteiger partial charge in [-0.25, -0.2) is 0 Å². The van der Waals surface area contributed by atoms with Crippen molar-refractivity contribution in [2.45, 2.75) is 37.3 Å². The van der Waals surface area contributed by atoms with E-state index in [4.69, 9.17) is 4.42 Å². The van der Waals surface area contributed by atoms with E-state index in [2.05, 4.69) is 21.6 Å². The molecule has 9 heteroatoms. The lowest BCUT2D eigenvalue weighted by Gasteiger charge is -2.09. The summed E-state index contributed by atoms with van der Waals surface area (Å²) >= 11 is 4.44. The van der Waals surface area contributed by atoms with Gasteiger partial charge in [-0.2, -0.15) is 5.26 Å². The molecule has 1 N–H and O–H groups in total. The molecule has 0 saturated carbocycles. The molecular formula is C18H16N4O2S3. The molecule has 0 radical (unpaired) electrons. The van der Waals surface area contributed by atoms with Crippen LogP contribution in [0.4, 0.5) is 5.00 Å². The Morgan fingerprint density at radius 2 is 2.26 bits per heavy atom. The van der Waals surface area contributed by atoms with Crippen LogP contribution in [0, 0.1) is 11.3 Å². The lowest BCUT2D eigenvalue weighted by Crippen LogP contribution is -2.12. The number of nitrogens with zero attached hydrogens (tertiary/aromatic N) is 3.